The molecule has 1 aromatic rings. The molecule has 2 nitrogen and oxygen atoms in total. The van der Waals surface area contributed by atoms with E-state index < -0.39 is 0 Å². The number of para-hydroxylation sites is 1. The van der Waals surface area contributed by atoms with Gasteiger partial charge in [-0.15, -0.1) is 0 Å². The Morgan fingerprint density at radius 3 is 2.86 bits per heavy atom. The van der Waals surface area contributed by atoms with Crippen molar-refractivity contribution in [2.24, 2.45) is 5.92 Å². The van der Waals surface area contributed by atoms with Gasteiger partial charge >= 0.3 is 0 Å². The SMILES string of the molecule is c1ccc(NCC2CCCOC2)cc1. The molecule has 14 heavy (non-hydrogen) atoms. The van der Waals surface area contributed by atoms with Crippen molar-refractivity contribution in [2.75, 3.05) is 25.1 Å². The van der Waals surface area contributed by atoms with Gasteiger partial charge in [-0.2, -0.15) is 0 Å². The molecule has 1 atom stereocenters. The topological polar surface area (TPSA) is 21.3 Å². The summed E-state index contributed by atoms with van der Waals surface area (Å²) in [6.45, 7) is 2.89. The van der Waals surface area contributed by atoms with E-state index in [1.54, 1.807) is 0 Å². The summed E-state index contributed by atoms with van der Waals surface area (Å²) in [5.41, 5.74) is 1.21. The molecule has 1 aromatic carbocycles. The van der Waals surface area contributed by atoms with Gasteiger partial charge < -0.3 is 10.1 Å². The van der Waals surface area contributed by atoms with Gasteiger partial charge in [0.2, 0.25) is 0 Å². The van der Waals surface area contributed by atoms with Crippen LogP contribution >= 0.6 is 0 Å². The molecular weight excluding hydrogens is 174 g/mol. The minimum absolute atomic E-state index is 0.684. The Kier molecular flexibility index (Phi) is 3.41. The second-order valence-electron chi connectivity index (χ2n) is 3.83. The smallest absolute Gasteiger partial charge is 0.0511 e. The average molecular weight is 191 g/mol. The summed E-state index contributed by atoms with van der Waals surface area (Å²) in [6.07, 6.45) is 2.50. The van der Waals surface area contributed by atoms with Crippen molar-refractivity contribution in [3.8, 4) is 0 Å². The quantitative estimate of drug-likeness (QED) is 0.792. The average Bonchev–Trinajstić information content (AvgIpc) is 2.29. The van der Waals surface area contributed by atoms with Crippen molar-refractivity contribution in [1.82, 2.24) is 0 Å². The van der Waals surface area contributed by atoms with Gasteiger partial charge in [0.25, 0.3) is 0 Å². The largest absolute Gasteiger partial charge is 0.385 e. The van der Waals surface area contributed by atoms with Crippen LogP contribution in [0.4, 0.5) is 5.69 Å². The summed E-state index contributed by atoms with van der Waals surface area (Å²) < 4.78 is 5.43. The molecule has 1 aliphatic rings. The highest BCUT2D eigenvalue weighted by Crippen LogP contribution is 2.14. The highest BCUT2D eigenvalue weighted by atomic mass is 16.5. The number of anilines is 1. The van der Waals surface area contributed by atoms with E-state index in [0.29, 0.717) is 5.92 Å². The highest BCUT2D eigenvalue weighted by molar-refractivity contribution is 5.42. The van der Waals surface area contributed by atoms with E-state index in [2.05, 4.69) is 29.6 Å². The van der Waals surface area contributed by atoms with Gasteiger partial charge in [-0.3, -0.25) is 0 Å². The molecule has 1 aliphatic heterocycles. The molecule has 0 aliphatic carbocycles. The predicted octanol–water partition coefficient (Wildman–Crippen LogP) is 2.53. The lowest BCUT2D eigenvalue weighted by Gasteiger charge is -2.22. The van der Waals surface area contributed by atoms with E-state index in [1.165, 1.54) is 18.5 Å². The molecule has 1 unspecified atom stereocenters. The fourth-order valence-electron chi connectivity index (χ4n) is 1.79. The van der Waals surface area contributed by atoms with Gasteiger partial charge in [0.05, 0.1) is 6.61 Å². The molecule has 0 aromatic heterocycles. The van der Waals surface area contributed by atoms with Crippen LogP contribution < -0.4 is 5.32 Å². The van der Waals surface area contributed by atoms with Crippen molar-refractivity contribution in [3.63, 3.8) is 0 Å². The molecule has 2 heteroatoms. The van der Waals surface area contributed by atoms with Gasteiger partial charge in [-0.1, -0.05) is 18.2 Å². The van der Waals surface area contributed by atoms with E-state index in [0.717, 1.165) is 19.8 Å². The molecule has 1 saturated heterocycles. The van der Waals surface area contributed by atoms with Crippen molar-refractivity contribution in [1.29, 1.82) is 0 Å². The summed E-state index contributed by atoms with van der Waals surface area (Å²) in [5, 5.41) is 3.43. The number of benzene rings is 1. The number of rotatable bonds is 3. The maximum Gasteiger partial charge on any atom is 0.0511 e. The molecule has 0 amide bonds. The summed E-state index contributed by atoms with van der Waals surface area (Å²) in [5.74, 6) is 0.684. The summed E-state index contributed by atoms with van der Waals surface area (Å²) in [4.78, 5) is 0. The number of ether oxygens (including phenoxy) is 1. The van der Waals surface area contributed by atoms with Crippen molar-refractivity contribution in [2.45, 2.75) is 12.8 Å². The number of hydrogen-bond donors (Lipinski definition) is 1. The van der Waals surface area contributed by atoms with Crippen LogP contribution in [0.5, 0.6) is 0 Å². The van der Waals surface area contributed by atoms with E-state index in [9.17, 15) is 0 Å². The van der Waals surface area contributed by atoms with Gasteiger partial charge in [-0.25, -0.2) is 0 Å². The Balaban J connectivity index is 1.76. The maximum absolute atomic E-state index is 5.43. The fraction of sp³-hybridized carbons (Fsp3) is 0.500. The van der Waals surface area contributed by atoms with Crippen LogP contribution in [0, 0.1) is 5.92 Å². The lowest BCUT2D eigenvalue weighted by atomic mass is 10.0. The molecule has 2 rings (SSSR count). The third-order valence-electron chi connectivity index (χ3n) is 2.62. The molecule has 1 N–H and O–H groups in total. The Bertz CT molecular complexity index is 254. The van der Waals surface area contributed by atoms with Crippen LogP contribution in [-0.4, -0.2) is 19.8 Å². The van der Waals surface area contributed by atoms with Crippen molar-refractivity contribution >= 4 is 5.69 Å². The lowest BCUT2D eigenvalue weighted by molar-refractivity contribution is 0.0595. The van der Waals surface area contributed by atoms with Gasteiger partial charge in [-0.05, 0) is 30.9 Å². The molecule has 1 heterocycles. The third kappa shape index (κ3) is 2.74. The maximum atomic E-state index is 5.43. The first-order valence-electron chi connectivity index (χ1n) is 5.32. The molecule has 76 valence electrons. The van der Waals surface area contributed by atoms with Crippen molar-refractivity contribution in [3.05, 3.63) is 30.3 Å². The van der Waals surface area contributed by atoms with Crippen LogP contribution in [0.2, 0.25) is 0 Å². The van der Waals surface area contributed by atoms with Crippen molar-refractivity contribution < 1.29 is 4.74 Å². The summed E-state index contributed by atoms with van der Waals surface area (Å²) >= 11 is 0. The number of nitrogens with one attached hydrogen (secondary N) is 1. The standard InChI is InChI=1S/C12H17NO/c1-2-6-12(7-3-1)13-9-11-5-4-8-14-10-11/h1-3,6-7,11,13H,4-5,8-10H2. The normalized spacial score (nSPS) is 21.9. The van der Waals surface area contributed by atoms with Crippen LogP contribution in [0.25, 0.3) is 0 Å². The minimum Gasteiger partial charge on any atom is -0.385 e. The van der Waals surface area contributed by atoms with E-state index >= 15 is 0 Å². The van der Waals surface area contributed by atoms with E-state index in [4.69, 9.17) is 4.74 Å². The molecular formula is C12H17NO. The minimum atomic E-state index is 0.684. The highest BCUT2D eigenvalue weighted by Gasteiger charge is 2.12. The van der Waals surface area contributed by atoms with Crippen LogP contribution in [-0.2, 0) is 4.74 Å². The fourth-order valence-corrected chi connectivity index (χ4v) is 1.79. The lowest BCUT2D eigenvalue weighted by Crippen LogP contribution is -2.24. The van der Waals surface area contributed by atoms with E-state index in [1.807, 2.05) is 6.07 Å². The van der Waals surface area contributed by atoms with E-state index in [-0.39, 0.29) is 0 Å². The monoisotopic (exact) mass is 191 g/mol. The van der Waals surface area contributed by atoms with Crippen LogP contribution in [0.1, 0.15) is 12.8 Å². The molecule has 0 spiro atoms. The zero-order valence-electron chi connectivity index (χ0n) is 8.41. The molecule has 1 fully saturated rings. The molecule has 0 bridgehead atoms. The Morgan fingerprint density at radius 1 is 1.29 bits per heavy atom. The van der Waals surface area contributed by atoms with Gasteiger partial charge in [0.1, 0.15) is 0 Å². The first kappa shape index (κ1) is 9.53. The Morgan fingerprint density at radius 2 is 2.14 bits per heavy atom. The zero-order chi connectivity index (χ0) is 9.64. The predicted molar refractivity (Wildman–Crippen MR) is 58.5 cm³/mol. The first-order valence-corrected chi connectivity index (χ1v) is 5.32. The molecule has 0 saturated carbocycles. The van der Waals surface area contributed by atoms with Gasteiger partial charge in [0.15, 0.2) is 0 Å². The van der Waals surface area contributed by atoms with Crippen LogP contribution in [0.3, 0.4) is 0 Å². The number of hydrogen-bond acceptors (Lipinski definition) is 2. The summed E-state index contributed by atoms with van der Waals surface area (Å²) in [7, 11) is 0. The Hall–Kier alpha value is -1.02. The molecule has 0 radical (unpaired) electrons. The second-order valence-corrected chi connectivity index (χ2v) is 3.83. The summed E-state index contributed by atoms with van der Waals surface area (Å²) in [6, 6.07) is 10.3. The van der Waals surface area contributed by atoms with Gasteiger partial charge in [0, 0.05) is 18.8 Å². The van der Waals surface area contributed by atoms with Crippen LogP contribution in [0.15, 0.2) is 30.3 Å². The third-order valence-corrected chi connectivity index (χ3v) is 2.62. The Labute approximate surface area is 85.3 Å². The zero-order valence-corrected chi connectivity index (χ0v) is 8.41. The first-order chi connectivity index (χ1) is 6.95. The second kappa shape index (κ2) is 5.01.